The van der Waals surface area contributed by atoms with Crippen molar-refractivity contribution < 1.29 is 31.1 Å². The summed E-state index contributed by atoms with van der Waals surface area (Å²) >= 11 is 5.39. The Balaban J connectivity index is 2.05. The number of ether oxygens (including phenoxy) is 1. The molecule has 0 spiro atoms. The minimum atomic E-state index is -4.73. The highest BCUT2D eigenvalue weighted by molar-refractivity contribution is 9.10. The predicted molar refractivity (Wildman–Crippen MR) is 121 cm³/mol. The van der Waals surface area contributed by atoms with Gasteiger partial charge in [-0.1, -0.05) is 12.1 Å². The molecule has 0 radical (unpaired) electrons. The SMILES string of the molecule is CSCOC(=O)Cn1nc(C(F)(F)F)c(Br)c1-c1ccc(-c2cccc(S(C)(=O)=O)c2)s1. The van der Waals surface area contributed by atoms with Crippen LogP contribution in [0, 0.1) is 0 Å². The van der Waals surface area contributed by atoms with Gasteiger partial charge in [0.25, 0.3) is 0 Å². The lowest BCUT2D eigenvalue weighted by molar-refractivity contribution is -0.145. The van der Waals surface area contributed by atoms with E-state index in [-0.39, 0.29) is 21.0 Å². The average molecular weight is 569 g/mol. The summed E-state index contributed by atoms with van der Waals surface area (Å²) in [5.41, 5.74) is -0.477. The van der Waals surface area contributed by atoms with Crippen molar-refractivity contribution >= 4 is 54.8 Å². The van der Waals surface area contributed by atoms with E-state index in [1.807, 2.05) is 0 Å². The molecule has 0 unspecified atom stereocenters. The number of rotatable bonds is 7. The first-order chi connectivity index (χ1) is 14.9. The number of thioether (sulfide) groups is 1. The first kappa shape index (κ1) is 24.8. The number of nitrogens with zero attached hydrogens (tertiary/aromatic N) is 2. The molecule has 0 aliphatic heterocycles. The average Bonchev–Trinajstić information content (AvgIpc) is 3.30. The summed E-state index contributed by atoms with van der Waals surface area (Å²) < 4.78 is 69.6. The maximum absolute atomic E-state index is 13.4. The molecule has 1 aromatic carbocycles. The molecule has 0 fully saturated rings. The molecule has 32 heavy (non-hydrogen) atoms. The van der Waals surface area contributed by atoms with E-state index in [1.165, 1.54) is 23.9 Å². The van der Waals surface area contributed by atoms with Crippen LogP contribution in [0.25, 0.3) is 21.0 Å². The van der Waals surface area contributed by atoms with E-state index in [0.717, 1.165) is 22.3 Å². The fourth-order valence-electron chi connectivity index (χ4n) is 2.76. The molecule has 2 heterocycles. The molecule has 0 saturated carbocycles. The third-order valence-corrected chi connectivity index (χ3v) is 7.52. The van der Waals surface area contributed by atoms with Gasteiger partial charge in [-0.2, -0.15) is 18.3 Å². The second kappa shape index (κ2) is 9.57. The molecule has 0 amide bonds. The highest BCUT2D eigenvalue weighted by Crippen LogP contribution is 2.43. The summed E-state index contributed by atoms with van der Waals surface area (Å²) in [5.74, 6) is -0.648. The molecule has 0 N–H and O–H groups in total. The van der Waals surface area contributed by atoms with Crippen LogP contribution in [0.1, 0.15) is 5.69 Å². The third-order valence-electron chi connectivity index (χ3n) is 4.17. The second-order valence-electron chi connectivity index (χ2n) is 6.55. The van der Waals surface area contributed by atoms with Crippen molar-refractivity contribution in [3.63, 3.8) is 0 Å². The largest absolute Gasteiger partial charge is 0.453 e. The van der Waals surface area contributed by atoms with Gasteiger partial charge in [-0.25, -0.2) is 8.42 Å². The molecule has 0 aliphatic carbocycles. The molecular formula is C19H16BrF3N2O4S3. The van der Waals surface area contributed by atoms with Gasteiger partial charge >= 0.3 is 12.1 Å². The Kier molecular flexibility index (Phi) is 7.42. The van der Waals surface area contributed by atoms with Crippen LogP contribution in [0.2, 0.25) is 0 Å². The van der Waals surface area contributed by atoms with Crippen molar-refractivity contribution in [1.29, 1.82) is 0 Å². The van der Waals surface area contributed by atoms with Crippen molar-refractivity contribution in [2.24, 2.45) is 0 Å². The number of thiophene rings is 1. The fraction of sp³-hybridized carbons (Fsp3) is 0.263. The quantitative estimate of drug-likeness (QED) is 0.283. The van der Waals surface area contributed by atoms with Crippen LogP contribution in [0.4, 0.5) is 13.2 Å². The Morgan fingerprint density at radius 2 is 1.94 bits per heavy atom. The molecule has 2 aromatic heterocycles. The number of hydrogen-bond acceptors (Lipinski definition) is 7. The van der Waals surface area contributed by atoms with Gasteiger partial charge in [-0.3, -0.25) is 9.48 Å². The first-order valence-electron chi connectivity index (χ1n) is 8.80. The Hall–Kier alpha value is -1.83. The number of carbonyl (C=O) groups is 1. The number of sulfone groups is 1. The van der Waals surface area contributed by atoms with Crippen molar-refractivity contribution in [3.05, 3.63) is 46.6 Å². The second-order valence-corrected chi connectivity index (χ2v) is 11.3. The number of benzene rings is 1. The van der Waals surface area contributed by atoms with E-state index >= 15 is 0 Å². The van der Waals surface area contributed by atoms with Crippen LogP contribution < -0.4 is 0 Å². The summed E-state index contributed by atoms with van der Waals surface area (Å²) in [4.78, 5) is 13.2. The fourth-order valence-corrected chi connectivity index (χ4v) is 5.59. The Labute approximate surface area is 198 Å². The number of alkyl halides is 3. The molecule has 0 saturated heterocycles. The number of aromatic nitrogens is 2. The van der Waals surface area contributed by atoms with E-state index in [0.29, 0.717) is 15.3 Å². The molecule has 6 nitrogen and oxygen atoms in total. The van der Waals surface area contributed by atoms with Gasteiger partial charge in [-0.15, -0.1) is 23.1 Å². The van der Waals surface area contributed by atoms with E-state index in [2.05, 4.69) is 21.0 Å². The maximum atomic E-state index is 13.4. The molecule has 0 bridgehead atoms. The Bertz CT molecular complexity index is 1250. The minimum Gasteiger partial charge on any atom is -0.453 e. The van der Waals surface area contributed by atoms with E-state index in [4.69, 9.17) is 4.74 Å². The van der Waals surface area contributed by atoms with Gasteiger partial charge < -0.3 is 4.74 Å². The van der Waals surface area contributed by atoms with E-state index in [1.54, 1.807) is 30.5 Å². The molecule has 3 rings (SSSR count). The summed E-state index contributed by atoms with van der Waals surface area (Å²) in [6.07, 6.45) is -1.92. The van der Waals surface area contributed by atoms with E-state index in [9.17, 15) is 26.4 Å². The molecular weight excluding hydrogens is 553 g/mol. The number of halogens is 4. The maximum Gasteiger partial charge on any atom is 0.436 e. The van der Waals surface area contributed by atoms with E-state index < -0.39 is 34.2 Å². The van der Waals surface area contributed by atoms with Gasteiger partial charge in [0.2, 0.25) is 0 Å². The lowest BCUT2D eigenvalue weighted by Crippen LogP contribution is -2.16. The standard InChI is InChI=1S/C19H16BrF3N2O4S3/c1-30-10-29-15(26)9-25-17(16(20)18(24-25)19(21,22)23)14-7-6-13(31-14)11-4-3-5-12(8-11)32(2,27)28/h3-8H,9-10H2,1-2H3. The van der Waals surface area contributed by atoms with Crippen LogP contribution >= 0.6 is 39.0 Å². The molecule has 0 aliphatic rings. The summed E-state index contributed by atoms with van der Waals surface area (Å²) in [7, 11) is -3.42. The predicted octanol–water partition coefficient (Wildman–Crippen LogP) is 5.33. The van der Waals surface area contributed by atoms with Gasteiger partial charge in [0.1, 0.15) is 12.5 Å². The van der Waals surface area contributed by atoms with Gasteiger partial charge in [0.05, 0.1) is 19.9 Å². The number of carbonyl (C=O) groups excluding carboxylic acids is 1. The monoisotopic (exact) mass is 568 g/mol. The lowest BCUT2D eigenvalue weighted by Gasteiger charge is -2.07. The smallest absolute Gasteiger partial charge is 0.436 e. The molecule has 3 aromatic rings. The Morgan fingerprint density at radius 3 is 2.56 bits per heavy atom. The number of esters is 1. The molecule has 13 heteroatoms. The van der Waals surface area contributed by atoms with Crippen molar-refractivity contribution in [1.82, 2.24) is 9.78 Å². The zero-order valence-electron chi connectivity index (χ0n) is 16.6. The summed E-state index contributed by atoms with van der Waals surface area (Å²) in [5, 5.41) is 3.60. The highest BCUT2D eigenvalue weighted by Gasteiger charge is 2.39. The first-order valence-corrected chi connectivity index (χ1v) is 13.7. The van der Waals surface area contributed by atoms with Crippen molar-refractivity contribution in [2.75, 3.05) is 18.5 Å². The zero-order valence-corrected chi connectivity index (χ0v) is 20.7. The zero-order chi connectivity index (χ0) is 23.7. The minimum absolute atomic E-state index is 0.0720. The molecule has 172 valence electrons. The summed E-state index contributed by atoms with van der Waals surface area (Å²) in [6.45, 7) is -0.499. The van der Waals surface area contributed by atoms with Crippen molar-refractivity contribution in [2.45, 2.75) is 17.6 Å². The normalized spacial score (nSPS) is 12.2. The lowest BCUT2D eigenvalue weighted by atomic mass is 10.2. The van der Waals surface area contributed by atoms with Crippen LogP contribution in [0.5, 0.6) is 0 Å². The van der Waals surface area contributed by atoms with Gasteiger partial charge in [0.15, 0.2) is 15.5 Å². The van der Waals surface area contributed by atoms with Gasteiger partial charge in [-0.05, 0) is 52.0 Å². The summed E-state index contributed by atoms with van der Waals surface area (Å²) in [6, 6.07) is 9.53. The van der Waals surface area contributed by atoms with Gasteiger partial charge in [0, 0.05) is 11.1 Å². The third kappa shape index (κ3) is 5.56. The highest BCUT2D eigenvalue weighted by atomic mass is 79.9. The Morgan fingerprint density at radius 1 is 1.25 bits per heavy atom. The van der Waals surface area contributed by atoms with Crippen LogP contribution in [0.15, 0.2) is 45.8 Å². The topological polar surface area (TPSA) is 78.3 Å². The van der Waals surface area contributed by atoms with Crippen molar-refractivity contribution in [3.8, 4) is 21.0 Å². The van der Waals surface area contributed by atoms with Crippen LogP contribution in [-0.2, 0) is 32.1 Å². The molecule has 0 atom stereocenters. The van der Waals surface area contributed by atoms with Crippen LogP contribution in [0.3, 0.4) is 0 Å². The number of hydrogen-bond donors (Lipinski definition) is 0. The van der Waals surface area contributed by atoms with Crippen LogP contribution in [-0.4, -0.2) is 42.6 Å².